The van der Waals surface area contributed by atoms with E-state index in [2.05, 4.69) is 38.4 Å². The fraction of sp³-hybridized carbons (Fsp3) is 0.318. The standard InChI is InChI=1S/C22H25N5OS/c1-17(28)26-10-12-27(13-11-26)21-19(8-5-9-24-21)14-23-15-20-16-25-22(29-20)18-6-3-2-4-7-18/h2-9,16,23H,10-15H2,1H3. The number of carbonyl (C=O) groups excluding carboxylic acids is 1. The van der Waals surface area contributed by atoms with E-state index in [1.807, 2.05) is 41.6 Å². The van der Waals surface area contributed by atoms with E-state index in [-0.39, 0.29) is 5.91 Å². The van der Waals surface area contributed by atoms with Crippen molar-refractivity contribution in [3.05, 3.63) is 65.3 Å². The molecule has 4 rings (SSSR count). The maximum atomic E-state index is 11.6. The van der Waals surface area contributed by atoms with Crippen molar-refractivity contribution in [2.75, 3.05) is 31.1 Å². The quantitative estimate of drug-likeness (QED) is 0.680. The molecule has 0 atom stereocenters. The van der Waals surface area contributed by atoms with Crippen LogP contribution >= 0.6 is 11.3 Å². The number of nitrogens with one attached hydrogen (secondary N) is 1. The Morgan fingerprint density at radius 2 is 1.83 bits per heavy atom. The van der Waals surface area contributed by atoms with Gasteiger partial charge in [-0.3, -0.25) is 4.79 Å². The van der Waals surface area contributed by atoms with Crippen molar-refractivity contribution in [2.24, 2.45) is 0 Å². The highest BCUT2D eigenvalue weighted by Crippen LogP contribution is 2.25. The lowest BCUT2D eigenvalue weighted by molar-refractivity contribution is -0.129. The van der Waals surface area contributed by atoms with Gasteiger partial charge in [0.05, 0.1) is 0 Å². The minimum atomic E-state index is 0.145. The molecule has 1 N–H and O–H groups in total. The molecule has 0 bridgehead atoms. The average Bonchev–Trinajstić information content (AvgIpc) is 3.24. The lowest BCUT2D eigenvalue weighted by atomic mass is 10.2. The third-order valence-corrected chi connectivity index (χ3v) is 6.13. The number of aromatic nitrogens is 2. The molecule has 2 aromatic heterocycles. The zero-order valence-corrected chi connectivity index (χ0v) is 17.4. The van der Waals surface area contributed by atoms with E-state index < -0.39 is 0 Å². The highest BCUT2D eigenvalue weighted by atomic mass is 32.1. The SMILES string of the molecule is CC(=O)N1CCN(c2ncccc2CNCc2cnc(-c3ccccc3)s2)CC1. The molecule has 3 heterocycles. The Morgan fingerprint density at radius 3 is 2.59 bits per heavy atom. The number of carbonyl (C=O) groups is 1. The zero-order valence-electron chi connectivity index (χ0n) is 16.5. The Kier molecular flexibility index (Phi) is 6.17. The topological polar surface area (TPSA) is 61.4 Å². The minimum Gasteiger partial charge on any atom is -0.353 e. The summed E-state index contributed by atoms with van der Waals surface area (Å²) in [7, 11) is 0. The van der Waals surface area contributed by atoms with E-state index >= 15 is 0 Å². The Hall–Kier alpha value is -2.77. The van der Waals surface area contributed by atoms with Gasteiger partial charge in [-0.2, -0.15) is 0 Å². The normalized spacial score (nSPS) is 14.2. The average molecular weight is 408 g/mol. The van der Waals surface area contributed by atoms with Crippen molar-refractivity contribution < 1.29 is 4.79 Å². The summed E-state index contributed by atoms with van der Waals surface area (Å²) < 4.78 is 0. The first-order valence-corrected chi connectivity index (χ1v) is 10.7. The fourth-order valence-corrected chi connectivity index (χ4v) is 4.40. The summed E-state index contributed by atoms with van der Waals surface area (Å²) in [6.45, 7) is 6.29. The molecule has 0 spiro atoms. The molecule has 1 saturated heterocycles. The highest BCUT2D eigenvalue weighted by molar-refractivity contribution is 7.15. The second-order valence-electron chi connectivity index (χ2n) is 7.08. The van der Waals surface area contributed by atoms with Gasteiger partial charge >= 0.3 is 0 Å². The van der Waals surface area contributed by atoms with Gasteiger partial charge in [0.2, 0.25) is 5.91 Å². The van der Waals surface area contributed by atoms with Crippen molar-refractivity contribution in [2.45, 2.75) is 20.0 Å². The number of piperazine rings is 1. The van der Waals surface area contributed by atoms with Gasteiger partial charge in [0, 0.05) is 74.6 Å². The van der Waals surface area contributed by atoms with E-state index in [1.54, 1.807) is 18.3 Å². The molecule has 0 unspecified atom stereocenters. The second kappa shape index (κ2) is 9.15. The van der Waals surface area contributed by atoms with Crippen molar-refractivity contribution in [1.29, 1.82) is 0 Å². The van der Waals surface area contributed by atoms with E-state index in [4.69, 9.17) is 0 Å². The van der Waals surface area contributed by atoms with Crippen LogP contribution < -0.4 is 10.2 Å². The highest BCUT2D eigenvalue weighted by Gasteiger charge is 2.21. The van der Waals surface area contributed by atoms with Crippen LogP contribution in [0.5, 0.6) is 0 Å². The van der Waals surface area contributed by atoms with Gasteiger partial charge < -0.3 is 15.1 Å². The maximum absolute atomic E-state index is 11.6. The van der Waals surface area contributed by atoms with Gasteiger partial charge in [0.1, 0.15) is 10.8 Å². The molecule has 29 heavy (non-hydrogen) atoms. The zero-order chi connectivity index (χ0) is 20.1. The van der Waals surface area contributed by atoms with E-state index in [0.29, 0.717) is 0 Å². The summed E-state index contributed by atoms with van der Waals surface area (Å²) in [6, 6.07) is 14.4. The first-order chi connectivity index (χ1) is 14.2. The number of amides is 1. The molecule has 1 aromatic carbocycles. The van der Waals surface area contributed by atoms with Gasteiger partial charge in [-0.1, -0.05) is 36.4 Å². The Balaban J connectivity index is 1.35. The van der Waals surface area contributed by atoms with Crippen molar-refractivity contribution in [3.8, 4) is 10.6 Å². The second-order valence-corrected chi connectivity index (χ2v) is 8.20. The predicted molar refractivity (Wildman–Crippen MR) is 117 cm³/mol. The van der Waals surface area contributed by atoms with Crippen LogP contribution in [0.4, 0.5) is 5.82 Å². The molecule has 1 aliphatic rings. The largest absolute Gasteiger partial charge is 0.353 e. The van der Waals surface area contributed by atoms with Crippen LogP contribution in [0.15, 0.2) is 54.9 Å². The van der Waals surface area contributed by atoms with Gasteiger partial charge in [-0.05, 0) is 6.07 Å². The van der Waals surface area contributed by atoms with Gasteiger partial charge in [-0.15, -0.1) is 11.3 Å². The van der Waals surface area contributed by atoms with Gasteiger partial charge in [0.25, 0.3) is 0 Å². The van der Waals surface area contributed by atoms with E-state index in [1.165, 1.54) is 10.4 Å². The molecule has 0 aliphatic carbocycles. The molecule has 0 saturated carbocycles. The number of pyridine rings is 1. The summed E-state index contributed by atoms with van der Waals surface area (Å²) in [6.07, 6.45) is 3.79. The molecular formula is C22H25N5OS. The summed E-state index contributed by atoms with van der Waals surface area (Å²) in [5, 5.41) is 4.58. The number of thiazole rings is 1. The van der Waals surface area contributed by atoms with Gasteiger partial charge in [-0.25, -0.2) is 9.97 Å². The number of hydrogen-bond donors (Lipinski definition) is 1. The first-order valence-electron chi connectivity index (χ1n) is 9.86. The number of rotatable bonds is 6. The molecule has 7 heteroatoms. The van der Waals surface area contributed by atoms with Crippen molar-refractivity contribution in [1.82, 2.24) is 20.2 Å². The minimum absolute atomic E-state index is 0.145. The lowest BCUT2D eigenvalue weighted by Crippen LogP contribution is -2.48. The lowest BCUT2D eigenvalue weighted by Gasteiger charge is -2.35. The van der Waals surface area contributed by atoms with Crippen molar-refractivity contribution in [3.63, 3.8) is 0 Å². The van der Waals surface area contributed by atoms with Crippen LogP contribution in [0.2, 0.25) is 0 Å². The smallest absolute Gasteiger partial charge is 0.219 e. The number of anilines is 1. The number of nitrogens with zero attached hydrogens (tertiary/aromatic N) is 4. The molecule has 1 amide bonds. The summed E-state index contributed by atoms with van der Waals surface area (Å²) in [5.41, 5.74) is 2.33. The van der Waals surface area contributed by atoms with Crippen molar-refractivity contribution >= 4 is 23.1 Å². The maximum Gasteiger partial charge on any atom is 0.219 e. The Labute approximate surface area is 175 Å². The molecule has 1 aliphatic heterocycles. The molecule has 0 radical (unpaired) electrons. The third-order valence-electron chi connectivity index (χ3n) is 5.08. The Bertz CT molecular complexity index is 951. The number of benzene rings is 1. The summed E-state index contributed by atoms with van der Waals surface area (Å²) in [5.74, 6) is 1.16. The van der Waals surface area contributed by atoms with Crippen LogP contribution in [-0.2, 0) is 17.9 Å². The molecule has 150 valence electrons. The van der Waals surface area contributed by atoms with E-state index in [9.17, 15) is 4.79 Å². The first kappa shape index (κ1) is 19.5. The molecule has 6 nitrogen and oxygen atoms in total. The molecular weight excluding hydrogens is 382 g/mol. The summed E-state index contributed by atoms with van der Waals surface area (Å²) in [4.78, 5) is 26.1. The third kappa shape index (κ3) is 4.81. The van der Waals surface area contributed by atoms with Crippen LogP contribution in [0.25, 0.3) is 10.6 Å². The predicted octanol–water partition coefficient (Wildman–Crippen LogP) is 3.16. The monoisotopic (exact) mass is 407 g/mol. The van der Waals surface area contributed by atoms with Gasteiger partial charge in [0.15, 0.2) is 0 Å². The molecule has 1 fully saturated rings. The Morgan fingerprint density at radius 1 is 1.03 bits per heavy atom. The van der Waals surface area contributed by atoms with Crippen LogP contribution in [0.1, 0.15) is 17.4 Å². The fourth-order valence-electron chi connectivity index (χ4n) is 3.51. The molecule has 3 aromatic rings. The summed E-state index contributed by atoms with van der Waals surface area (Å²) >= 11 is 1.72. The van der Waals surface area contributed by atoms with Crippen LogP contribution in [0, 0.1) is 0 Å². The van der Waals surface area contributed by atoms with Crippen LogP contribution in [0.3, 0.4) is 0 Å². The van der Waals surface area contributed by atoms with Crippen LogP contribution in [-0.4, -0.2) is 47.0 Å². The van der Waals surface area contributed by atoms with E-state index in [0.717, 1.165) is 55.7 Å². The number of hydrogen-bond acceptors (Lipinski definition) is 6.